The van der Waals surface area contributed by atoms with Crippen LogP contribution in [0.15, 0.2) is 17.1 Å². The SMILES string of the molecule is CCCCCCCCCCOP(=O)(O)OC[C@H]1O[C@@H](n2ccc(N)nc2=O)C(F)(F)[C@@H]1OC(=O)CCCCCCCCCC. The van der Waals surface area contributed by atoms with E-state index in [0.717, 1.165) is 76.5 Å². The molecule has 3 N–H and O–H groups in total. The lowest BCUT2D eigenvalue weighted by atomic mass is 10.1. The van der Waals surface area contributed by atoms with Crippen LogP contribution in [0.1, 0.15) is 129 Å². The number of aromatic nitrogens is 2. The minimum atomic E-state index is -4.62. The van der Waals surface area contributed by atoms with Gasteiger partial charge in [0, 0.05) is 12.6 Å². The number of nitrogen functional groups attached to an aromatic ring is 1. The maximum Gasteiger partial charge on any atom is 0.472 e. The summed E-state index contributed by atoms with van der Waals surface area (Å²) in [7, 11) is -4.62. The van der Waals surface area contributed by atoms with Crippen LogP contribution >= 0.6 is 7.82 Å². The first-order chi connectivity index (χ1) is 21.0. The predicted octanol–water partition coefficient (Wildman–Crippen LogP) is 7.08. The Morgan fingerprint density at radius 1 is 0.977 bits per heavy atom. The van der Waals surface area contributed by atoms with E-state index in [1.54, 1.807) is 0 Å². The summed E-state index contributed by atoms with van der Waals surface area (Å²) in [6.07, 6.45) is 10.8. The van der Waals surface area contributed by atoms with Gasteiger partial charge in [-0.3, -0.25) is 18.4 Å². The van der Waals surface area contributed by atoms with Crippen LogP contribution in [-0.4, -0.2) is 51.8 Å². The second-order valence-corrected chi connectivity index (χ2v) is 12.9. The van der Waals surface area contributed by atoms with Gasteiger partial charge in [-0.2, -0.15) is 13.8 Å². The largest absolute Gasteiger partial charge is 0.472 e. The molecule has 4 atom stereocenters. The molecule has 11 nitrogen and oxygen atoms in total. The highest BCUT2D eigenvalue weighted by Gasteiger charge is 2.62. The Hall–Kier alpha value is -1.92. The fraction of sp³-hybridized carbons (Fsp3) is 0.833. The van der Waals surface area contributed by atoms with Gasteiger partial charge in [0.1, 0.15) is 11.9 Å². The van der Waals surface area contributed by atoms with E-state index < -0.39 is 50.4 Å². The second-order valence-electron chi connectivity index (χ2n) is 11.5. The van der Waals surface area contributed by atoms with Crippen molar-refractivity contribution in [3.8, 4) is 0 Å². The van der Waals surface area contributed by atoms with Crippen LogP contribution in [0.25, 0.3) is 0 Å². The zero-order chi connectivity index (χ0) is 32.4. The lowest BCUT2D eigenvalue weighted by molar-refractivity contribution is -0.176. The number of phosphoric ester groups is 1. The first kappa shape index (κ1) is 38.3. The van der Waals surface area contributed by atoms with Crippen LogP contribution in [0.4, 0.5) is 14.6 Å². The molecule has 0 spiro atoms. The zero-order valence-corrected chi connectivity index (χ0v) is 27.2. The number of halogens is 2. The molecule has 0 saturated carbocycles. The third-order valence-corrected chi connectivity index (χ3v) is 8.59. The molecular weight excluding hydrogens is 599 g/mol. The normalized spacial score (nSPS) is 20.9. The number of esters is 1. The first-order valence-corrected chi connectivity index (χ1v) is 17.7. The average molecular weight is 652 g/mol. The summed E-state index contributed by atoms with van der Waals surface area (Å²) in [5, 5.41) is 0. The molecule has 14 heteroatoms. The number of alkyl halides is 2. The van der Waals surface area contributed by atoms with Crippen molar-refractivity contribution in [2.24, 2.45) is 0 Å². The van der Waals surface area contributed by atoms with Gasteiger partial charge < -0.3 is 20.1 Å². The van der Waals surface area contributed by atoms with Gasteiger partial charge in [-0.05, 0) is 18.9 Å². The number of ether oxygens (including phenoxy) is 2. The number of phosphoric acid groups is 1. The number of hydrogen-bond donors (Lipinski definition) is 2. The number of nitrogens with zero attached hydrogens (tertiary/aromatic N) is 2. The smallest absolute Gasteiger partial charge is 0.453 e. The molecule has 44 heavy (non-hydrogen) atoms. The van der Waals surface area contributed by atoms with Crippen LogP contribution in [0.5, 0.6) is 0 Å². The molecule has 1 aromatic rings. The minimum absolute atomic E-state index is 0.0451. The molecule has 1 aromatic heterocycles. The topological polar surface area (TPSA) is 152 Å². The third kappa shape index (κ3) is 13.6. The lowest BCUT2D eigenvalue weighted by Crippen LogP contribution is -2.44. The molecule has 1 aliphatic rings. The van der Waals surface area contributed by atoms with Crippen LogP contribution < -0.4 is 11.4 Å². The van der Waals surface area contributed by atoms with E-state index >= 15 is 8.78 Å². The summed E-state index contributed by atoms with van der Waals surface area (Å²) < 4.78 is 64.9. The number of rotatable bonds is 24. The van der Waals surface area contributed by atoms with Gasteiger partial charge >= 0.3 is 25.4 Å². The van der Waals surface area contributed by atoms with E-state index in [-0.39, 0.29) is 18.8 Å². The van der Waals surface area contributed by atoms with E-state index in [4.69, 9.17) is 24.3 Å². The monoisotopic (exact) mass is 651 g/mol. The Bertz CT molecular complexity index is 1080. The van der Waals surface area contributed by atoms with E-state index in [1.807, 2.05) is 0 Å². The molecule has 0 bridgehead atoms. The lowest BCUT2D eigenvalue weighted by Gasteiger charge is -2.24. The Morgan fingerprint density at radius 3 is 2.09 bits per heavy atom. The van der Waals surface area contributed by atoms with Crippen molar-refractivity contribution < 1.29 is 41.6 Å². The zero-order valence-electron chi connectivity index (χ0n) is 26.3. The first-order valence-electron chi connectivity index (χ1n) is 16.2. The average Bonchev–Trinajstić information content (AvgIpc) is 3.21. The fourth-order valence-corrected chi connectivity index (χ4v) is 5.85. The van der Waals surface area contributed by atoms with E-state index in [0.29, 0.717) is 17.4 Å². The molecule has 2 heterocycles. The maximum atomic E-state index is 15.6. The Balaban J connectivity index is 1.95. The molecule has 1 aliphatic heterocycles. The molecule has 1 unspecified atom stereocenters. The van der Waals surface area contributed by atoms with Gasteiger partial charge in [0.05, 0.1) is 13.2 Å². The van der Waals surface area contributed by atoms with Gasteiger partial charge in [0.25, 0.3) is 0 Å². The van der Waals surface area contributed by atoms with Gasteiger partial charge in [0.15, 0.2) is 6.10 Å². The molecule has 0 radical (unpaired) electrons. The third-order valence-electron chi connectivity index (χ3n) is 7.60. The van der Waals surface area contributed by atoms with Crippen LogP contribution in [-0.2, 0) is 27.9 Å². The Morgan fingerprint density at radius 2 is 1.52 bits per heavy atom. The predicted molar refractivity (Wildman–Crippen MR) is 163 cm³/mol. The van der Waals surface area contributed by atoms with E-state index in [1.165, 1.54) is 25.7 Å². The summed E-state index contributed by atoms with van der Waals surface area (Å²) in [5.74, 6) is -4.94. The van der Waals surface area contributed by atoms with E-state index in [9.17, 15) is 19.0 Å². The number of carbonyl (C=O) groups excluding carboxylic acids is 1. The Kier molecular flexibility index (Phi) is 17.6. The van der Waals surface area contributed by atoms with Crippen molar-refractivity contribution >= 4 is 19.6 Å². The summed E-state index contributed by atoms with van der Waals surface area (Å²) in [4.78, 5) is 38.5. The standard InChI is InChI=1S/C30H52F2N3O8P/c1-3-5-7-9-11-13-15-17-19-26(36)43-27-24(42-28(30(27,31)32)35-21-20-25(33)34-29(35)37)23-41-44(38,39)40-22-18-16-14-12-10-8-6-4-2/h20-21,24,27-28H,3-19,22-23H2,1-2H3,(H,38,39)(H2,33,34,37)/t24-,27-,28-/m1/s1. The minimum Gasteiger partial charge on any atom is -0.453 e. The van der Waals surface area contributed by atoms with Gasteiger partial charge in [0.2, 0.25) is 6.23 Å². The number of nitrogens with two attached hydrogens (primary N) is 1. The highest BCUT2D eigenvalue weighted by Crippen LogP contribution is 2.48. The summed E-state index contributed by atoms with van der Waals surface area (Å²) >= 11 is 0. The summed E-state index contributed by atoms with van der Waals surface area (Å²) in [6, 6.07) is 1.15. The fourth-order valence-electron chi connectivity index (χ4n) is 5.08. The van der Waals surface area contributed by atoms with Crippen LogP contribution in [0.2, 0.25) is 0 Å². The van der Waals surface area contributed by atoms with Crippen LogP contribution in [0.3, 0.4) is 0 Å². The Labute approximate surface area is 259 Å². The summed E-state index contributed by atoms with van der Waals surface area (Å²) in [5.41, 5.74) is 4.39. The summed E-state index contributed by atoms with van der Waals surface area (Å²) in [6.45, 7) is 3.41. The van der Waals surface area contributed by atoms with Crippen molar-refractivity contribution in [3.05, 3.63) is 22.7 Å². The molecular formula is C30H52F2N3O8P. The number of carbonyl (C=O) groups is 1. The quantitative estimate of drug-likeness (QED) is 0.0674. The number of anilines is 1. The molecule has 0 amide bonds. The van der Waals surface area contributed by atoms with Crippen molar-refractivity contribution in [1.82, 2.24) is 9.55 Å². The van der Waals surface area contributed by atoms with Crippen molar-refractivity contribution in [2.75, 3.05) is 18.9 Å². The van der Waals surface area contributed by atoms with Crippen molar-refractivity contribution in [2.45, 2.75) is 147 Å². The van der Waals surface area contributed by atoms with Crippen molar-refractivity contribution in [1.29, 1.82) is 0 Å². The van der Waals surface area contributed by atoms with Gasteiger partial charge in [-0.15, -0.1) is 0 Å². The molecule has 0 aromatic carbocycles. The maximum absolute atomic E-state index is 15.6. The molecule has 0 aliphatic carbocycles. The molecule has 2 rings (SSSR count). The molecule has 1 saturated heterocycles. The number of unbranched alkanes of at least 4 members (excludes halogenated alkanes) is 14. The van der Waals surface area contributed by atoms with Crippen molar-refractivity contribution in [3.63, 3.8) is 0 Å². The molecule has 254 valence electrons. The molecule has 1 fully saturated rings. The van der Waals surface area contributed by atoms with Gasteiger partial charge in [-0.25, -0.2) is 9.36 Å². The second kappa shape index (κ2) is 20.3. The number of hydrogen-bond acceptors (Lipinski definition) is 9. The van der Waals surface area contributed by atoms with Crippen LogP contribution in [0, 0.1) is 0 Å². The highest BCUT2D eigenvalue weighted by atomic mass is 31.2. The van der Waals surface area contributed by atoms with Gasteiger partial charge in [-0.1, -0.05) is 104 Å². The highest BCUT2D eigenvalue weighted by molar-refractivity contribution is 7.47. The van der Waals surface area contributed by atoms with E-state index in [2.05, 4.69) is 18.8 Å².